The summed E-state index contributed by atoms with van der Waals surface area (Å²) < 4.78 is 0. The summed E-state index contributed by atoms with van der Waals surface area (Å²) in [5.41, 5.74) is 2.03. The number of hydrogen-bond acceptors (Lipinski definition) is 3. The molecule has 4 rings (SSSR count). The quantitative estimate of drug-likeness (QED) is 0.615. The highest BCUT2D eigenvalue weighted by molar-refractivity contribution is 6.06. The predicted octanol–water partition coefficient (Wildman–Crippen LogP) is 3.95. The van der Waals surface area contributed by atoms with Crippen LogP contribution in [0.25, 0.3) is 10.9 Å². The lowest BCUT2D eigenvalue weighted by Gasteiger charge is -2.38. The number of rotatable bonds is 2. The zero-order valence-electron chi connectivity index (χ0n) is 16.2. The molecule has 2 aromatic carbocycles. The van der Waals surface area contributed by atoms with Gasteiger partial charge in [-0.3, -0.25) is 14.5 Å². The van der Waals surface area contributed by atoms with Crippen molar-refractivity contribution in [1.82, 2.24) is 4.98 Å². The highest BCUT2D eigenvalue weighted by atomic mass is 16.4. The van der Waals surface area contributed by atoms with Gasteiger partial charge in [-0.05, 0) is 41.7 Å². The first-order chi connectivity index (χ1) is 13.8. The van der Waals surface area contributed by atoms with Crippen molar-refractivity contribution in [2.45, 2.75) is 25.7 Å². The second-order valence-electron chi connectivity index (χ2n) is 7.83. The van der Waals surface area contributed by atoms with Crippen LogP contribution >= 0.6 is 0 Å². The number of amides is 2. The molecular formula is C22H21N3O4. The molecule has 2 heterocycles. The molecule has 0 radical (unpaired) electrons. The lowest BCUT2D eigenvalue weighted by molar-refractivity contribution is 0.102. The first-order valence-corrected chi connectivity index (χ1v) is 9.35. The summed E-state index contributed by atoms with van der Waals surface area (Å²) in [6.07, 6.45) is 1.08. The predicted molar refractivity (Wildman–Crippen MR) is 112 cm³/mol. The van der Waals surface area contributed by atoms with Crippen LogP contribution in [0, 0.1) is 0 Å². The molecule has 1 aliphatic rings. The third-order valence-electron chi connectivity index (χ3n) is 5.50. The molecule has 3 N–H and O–H groups in total. The lowest BCUT2D eigenvalue weighted by Crippen LogP contribution is -2.40. The van der Waals surface area contributed by atoms with Crippen LogP contribution in [0.5, 0.6) is 0 Å². The number of fused-ring (bicyclic) bond motifs is 2. The van der Waals surface area contributed by atoms with Crippen molar-refractivity contribution < 1.29 is 14.7 Å². The SMILES string of the molecule is CC1(C)CCN(C(=O)O)c2cc(NC(=O)c3c[nH]c4ccccc4c3=O)ccc21. The number of pyridine rings is 1. The van der Waals surface area contributed by atoms with Gasteiger partial charge in [0.05, 0.1) is 5.69 Å². The average Bonchev–Trinajstić information content (AvgIpc) is 2.68. The summed E-state index contributed by atoms with van der Waals surface area (Å²) in [6, 6.07) is 12.2. The van der Waals surface area contributed by atoms with E-state index in [-0.39, 0.29) is 16.4 Å². The molecule has 0 saturated carbocycles. The van der Waals surface area contributed by atoms with Gasteiger partial charge in [0.1, 0.15) is 5.56 Å². The molecule has 0 spiro atoms. The molecule has 148 valence electrons. The third-order valence-corrected chi connectivity index (χ3v) is 5.50. The van der Waals surface area contributed by atoms with E-state index in [1.165, 1.54) is 11.1 Å². The molecular weight excluding hydrogens is 370 g/mol. The lowest BCUT2D eigenvalue weighted by atomic mass is 9.77. The molecule has 0 bridgehead atoms. The number of aromatic amines is 1. The number of benzene rings is 2. The Labute approximate surface area is 167 Å². The number of nitrogens with zero attached hydrogens (tertiary/aromatic N) is 1. The smallest absolute Gasteiger partial charge is 0.411 e. The molecule has 29 heavy (non-hydrogen) atoms. The summed E-state index contributed by atoms with van der Waals surface area (Å²) in [5.74, 6) is -0.547. The van der Waals surface area contributed by atoms with Crippen molar-refractivity contribution in [3.63, 3.8) is 0 Å². The summed E-state index contributed by atoms with van der Waals surface area (Å²) in [7, 11) is 0. The molecule has 0 unspecified atom stereocenters. The minimum absolute atomic E-state index is 0.00292. The molecule has 1 aliphatic heterocycles. The molecule has 3 aromatic rings. The van der Waals surface area contributed by atoms with E-state index in [1.54, 1.807) is 36.4 Å². The van der Waals surface area contributed by atoms with Gasteiger partial charge in [0.25, 0.3) is 5.91 Å². The van der Waals surface area contributed by atoms with E-state index in [0.717, 1.165) is 5.56 Å². The standard InChI is InChI=1S/C22H21N3O4/c1-22(2)9-10-25(21(28)29)18-11-13(7-8-16(18)22)24-20(27)15-12-23-17-6-4-3-5-14(17)19(15)26/h3-8,11-12H,9-10H2,1-2H3,(H,23,26)(H,24,27)(H,28,29). The van der Waals surface area contributed by atoms with E-state index in [1.807, 2.05) is 6.07 Å². The topological polar surface area (TPSA) is 102 Å². The summed E-state index contributed by atoms with van der Waals surface area (Å²) in [4.78, 5) is 41.3. The number of para-hydroxylation sites is 1. The largest absolute Gasteiger partial charge is 0.465 e. The Balaban J connectivity index is 1.70. The highest BCUT2D eigenvalue weighted by Crippen LogP contribution is 2.41. The summed E-state index contributed by atoms with van der Waals surface area (Å²) in [6.45, 7) is 4.52. The van der Waals surface area contributed by atoms with Crippen LogP contribution < -0.4 is 15.6 Å². The molecule has 1 aromatic heterocycles. The van der Waals surface area contributed by atoms with Crippen molar-refractivity contribution >= 4 is 34.3 Å². The maximum Gasteiger partial charge on any atom is 0.411 e. The minimum atomic E-state index is -1.03. The Morgan fingerprint density at radius 3 is 2.69 bits per heavy atom. The number of anilines is 2. The molecule has 0 saturated heterocycles. The molecule has 0 fully saturated rings. The van der Waals surface area contributed by atoms with E-state index < -0.39 is 12.0 Å². The molecule has 7 heteroatoms. The fraction of sp³-hybridized carbons (Fsp3) is 0.227. The third kappa shape index (κ3) is 3.24. The molecule has 2 amide bonds. The minimum Gasteiger partial charge on any atom is -0.465 e. The van der Waals surface area contributed by atoms with Gasteiger partial charge >= 0.3 is 6.09 Å². The number of aromatic nitrogens is 1. The Kier molecular flexibility index (Phi) is 4.38. The second-order valence-corrected chi connectivity index (χ2v) is 7.83. The Hall–Kier alpha value is -3.61. The van der Waals surface area contributed by atoms with Crippen molar-refractivity contribution in [3.05, 3.63) is 70.0 Å². The van der Waals surface area contributed by atoms with Gasteiger partial charge in [0.2, 0.25) is 5.43 Å². The number of carbonyl (C=O) groups is 2. The van der Waals surface area contributed by atoms with E-state index in [9.17, 15) is 19.5 Å². The Morgan fingerprint density at radius 2 is 1.93 bits per heavy atom. The van der Waals surface area contributed by atoms with Gasteiger partial charge in [-0.15, -0.1) is 0 Å². The number of nitrogens with one attached hydrogen (secondary N) is 2. The first-order valence-electron chi connectivity index (χ1n) is 9.35. The van der Waals surface area contributed by atoms with Gasteiger partial charge in [0.15, 0.2) is 0 Å². The van der Waals surface area contributed by atoms with Gasteiger partial charge in [0, 0.05) is 29.3 Å². The monoisotopic (exact) mass is 391 g/mol. The van der Waals surface area contributed by atoms with Crippen LogP contribution in [0.2, 0.25) is 0 Å². The van der Waals surface area contributed by atoms with Crippen molar-refractivity contribution in [1.29, 1.82) is 0 Å². The Bertz CT molecular complexity index is 1200. The first kappa shape index (κ1) is 18.7. The van der Waals surface area contributed by atoms with Gasteiger partial charge in [-0.25, -0.2) is 4.79 Å². The van der Waals surface area contributed by atoms with E-state index in [4.69, 9.17) is 0 Å². The molecule has 0 aliphatic carbocycles. The molecule has 0 atom stereocenters. The average molecular weight is 391 g/mol. The number of hydrogen-bond donors (Lipinski definition) is 3. The van der Waals surface area contributed by atoms with Crippen LogP contribution in [-0.4, -0.2) is 28.6 Å². The summed E-state index contributed by atoms with van der Waals surface area (Å²) in [5, 5.41) is 12.7. The van der Waals surface area contributed by atoms with Crippen molar-refractivity contribution in [3.8, 4) is 0 Å². The van der Waals surface area contributed by atoms with Gasteiger partial charge in [-0.1, -0.05) is 32.0 Å². The van der Waals surface area contributed by atoms with E-state index in [0.29, 0.717) is 35.2 Å². The highest BCUT2D eigenvalue weighted by Gasteiger charge is 2.34. The van der Waals surface area contributed by atoms with Crippen LogP contribution in [-0.2, 0) is 5.41 Å². The van der Waals surface area contributed by atoms with Crippen LogP contribution in [0.4, 0.5) is 16.2 Å². The van der Waals surface area contributed by atoms with Crippen LogP contribution in [0.3, 0.4) is 0 Å². The van der Waals surface area contributed by atoms with Gasteiger partial charge < -0.3 is 15.4 Å². The zero-order valence-corrected chi connectivity index (χ0v) is 16.2. The fourth-order valence-corrected chi connectivity index (χ4v) is 3.78. The van der Waals surface area contributed by atoms with Crippen molar-refractivity contribution in [2.75, 3.05) is 16.8 Å². The summed E-state index contributed by atoms with van der Waals surface area (Å²) >= 11 is 0. The fourth-order valence-electron chi connectivity index (χ4n) is 3.78. The number of carbonyl (C=O) groups excluding carboxylic acids is 1. The van der Waals surface area contributed by atoms with Gasteiger partial charge in [-0.2, -0.15) is 0 Å². The van der Waals surface area contributed by atoms with Crippen LogP contribution in [0.1, 0.15) is 36.2 Å². The second kappa shape index (κ2) is 6.77. The maximum absolute atomic E-state index is 12.7. The van der Waals surface area contributed by atoms with E-state index in [2.05, 4.69) is 24.1 Å². The number of carboxylic acid groups (broad SMARTS) is 1. The molecule has 7 nitrogen and oxygen atoms in total. The van der Waals surface area contributed by atoms with Crippen LogP contribution in [0.15, 0.2) is 53.5 Å². The van der Waals surface area contributed by atoms with E-state index >= 15 is 0 Å². The maximum atomic E-state index is 12.7. The number of H-pyrrole nitrogens is 1. The normalized spacial score (nSPS) is 15.0. The zero-order chi connectivity index (χ0) is 20.8. The van der Waals surface area contributed by atoms with Crippen molar-refractivity contribution in [2.24, 2.45) is 0 Å². The Morgan fingerprint density at radius 1 is 1.17 bits per heavy atom.